The summed E-state index contributed by atoms with van der Waals surface area (Å²) < 4.78 is 0. The monoisotopic (exact) mass is 276 g/mol. The number of rotatable bonds is 4. The van der Waals surface area contributed by atoms with Crippen LogP contribution in [-0.2, 0) is 0 Å². The summed E-state index contributed by atoms with van der Waals surface area (Å²) in [6, 6.07) is 4.37. The second-order valence-corrected chi connectivity index (χ2v) is 5.92. The van der Waals surface area contributed by atoms with E-state index in [0.717, 1.165) is 16.7 Å². The maximum atomic E-state index is 6.31. The van der Waals surface area contributed by atoms with Gasteiger partial charge in [-0.2, -0.15) is 0 Å². The van der Waals surface area contributed by atoms with Gasteiger partial charge in [0.25, 0.3) is 0 Å². The van der Waals surface area contributed by atoms with Gasteiger partial charge in [-0.3, -0.25) is 5.10 Å². The van der Waals surface area contributed by atoms with E-state index in [-0.39, 0.29) is 6.04 Å². The smallest absolute Gasteiger partial charge is 0.208 e. The highest BCUT2D eigenvalue weighted by Gasteiger charge is 2.14. The molecule has 3 N–H and O–H groups in total. The molecule has 0 radical (unpaired) electrons. The molecule has 0 saturated carbocycles. The van der Waals surface area contributed by atoms with Gasteiger partial charge in [-0.1, -0.05) is 29.5 Å². The quantitative estimate of drug-likeness (QED) is 0.843. The third-order valence-corrected chi connectivity index (χ3v) is 4.04. The molecule has 0 bridgehead atoms. The molecule has 1 unspecified atom stereocenters. The Bertz CT molecular complexity index is 554. The number of hydrogen-bond acceptors (Lipinski definition) is 4. The molecule has 0 aliphatic carbocycles. The summed E-state index contributed by atoms with van der Waals surface area (Å²) in [5, 5.41) is 7.71. The first-order valence-corrected chi connectivity index (χ1v) is 7.31. The molecule has 0 amide bonds. The molecule has 0 spiro atoms. The molecule has 5 heteroatoms. The second kappa shape index (κ2) is 5.75. The summed E-state index contributed by atoms with van der Waals surface area (Å²) in [5.74, 6) is 1.61. The van der Waals surface area contributed by atoms with Crippen LogP contribution in [0.4, 0.5) is 0 Å². The minimum atomic E-state index is 0.00408. The van der Waals surface area contributed by atoms with Crippen LogP contribution >= 0.6 is 11.8 Å². The van der Waals surface area contributed by atoms with Crippen molar-refractivity contribution in [2.45, 2.75) is 38.9 Å². The molecule has 1 heterocycles. The van der Waals surface area contributed by atoms with Gasteiger partial charge in [-0.05, 0) is 44.4 Å². The lowest BCUT2D eigenvalue weighted by molar-refractivity contribution is 0.809. The SMILES string of the molecule is Cc1cc(C)c(C(N)CSc2n[nH]c(C)n2)c(C)c1. The van der Waals surface area contributed by atoms with E-state index < -0.39 is 0 Å². The van der Waals surface area contributed by atoms with E-state index in [9.17, 15) is 0 Å². The summed E-state index contributed by atoms with van der Waals surface area (Å²) in [6.07, 6.45) is 0. The number of hydrogen-bond donors (Lipinski definition) is 2. The number of nitrogens with one attached hydrogen (secondary N) is 1. The normalized spacial score (nSPS) is 12.7. The molecule has 4 nitrogen and oxygen atoms in total. The van der Waals surface area contributed by atoms with Crippen molar-refractivity contribution in [1.29, 1.82) is 0 Å². The molecule has 0 fully saturated rings. The number of nitrogens with two attached hydrogens (primary N) is 1. The minimum Gasteiger partial charge on any atom is -0.323 e. The van der Waals surface area contributed by atoms with E-state index in [4.69, 9.17) is 5.73 Å². The van der Waals surface area contributed by atoms with E-state index >= 15 is 0 Å². The number of nitrogens with zero attached hydrogens (tertiary/aromatic N) is 2. The number of benzene rings is 1. The van der Waals surface area contributed by atoms with Gasteiger partial charge in [-0.25, -0.2) is 4.98 Å². The van der Waals surface area contributed by atoms with Gasteiger partial charge in [0.1, 0.15) is 5.82 Å². The molecular formula is C14H20N4S. The lowest BCUT2D eigenvalue weighted by Gasteiger charge is -2.17. The molecule has 0 aliphatic rings. The van der Waals surface area contributed by atoms with Crippen molar-refractivity contribution in [2.24, 2.45) is 5.73 Å². The van der Waals surface area contributed by atoms with Gasteiger partial charge in [0.2, 0.25) is 5.16 Å². The summed E-state index contributed by atoms with van der Waals surface area (Å²) in [5.41, 5.74) is 11.4. The summed E-state index contributed by atoms with van der Waals surface area (Å²) >= 11 is 1.59. The highest BCUT2D eigenvalue weighted by molar-refractivity contribution is 7.99. The zero-order valence-corrected chi connectivity index (χ0v) is 12.6. The fraction of sp³-hybridized carbons (Fsp3) is 0.429. The first-order valence-electron chi connectivity index (χ1n) is 6.32. The van der Waals surface area contributed by atoms with Crippen LogP contribution in [0.3, 0.4) is 0 Å². The lowest BCUT2D eigenvalue weighted by Crippen LogP contribution is -2.16. The Balaban J connectivity index is 2.10. The van der Waals surface area contributed by atoms with E-state index in [1.54, 1.807) is 11.8 Å². The molecular weight excluding hydrogens is 256 g/mol. The fourth-order valence-electron chi connectivity index (χ4n) is 2.41. The number of H-pyrrole nitrogens is 1. The molecule has 2 rings (SSSR count). The maximum absolute atomic E-state index is 6.31. The summed E-state index contributed by atoms with van der Waals surface area (Å²) in [4.78, 5) is 4.28. The van der Waals surface area contributed by atoms with Crippen LogP contribution in [0, 0.1) is 27.7 Å². The van der Waals surface area contributed by atoms with Gasteiger partial charge < -0.3 is 5.73 Å². The first kappa shape index (κ1) is 14.1. The summed E-state index contributed by atoms with van der Waals surface area (Å²) in [6.45, 7) is 8.25. The van der Waals surface area contributed by atoms with Crippen molar-refractivity contribution >= 4 is 11.8 Å². The molecule has 0 saturated heterocycles. The zero-order chi connectivity index (χ0) is 14.0. The van der Waals surface area contributed by atoms with Gasteiger partial charge in [0.05, 0.1) is 0 Å². The van der Waals surface area contributed by atoms with Crippen LogP contribution in [0.2, 0.25) is 0 Å². The van der Waals surface area contributed by atoms with Crippen molar-refractivity contribution in [3.05, 3.63) is 40.2 Å². The highest BCUT2D eigenvalue weighted by Crippen LogP contribution is 2.26. The zero-order valence-electron chi connectivity index (χ0n) is 11.8. The molecule has 1 aromatic carbocycles. The maximum Gasteiger partial charge on any atom is 0.208 e. The largest absolute Gasteiger partial charge is 0.323 e. The van der Waals surface area contributed by atoms with Crippen molar-refractivity contribution in [3.63, 3.8) is 0 Å². The fourth-order valence-corrected chi connectivity index (χ4v) is 3.22. The lowest BCUT2D eigenvalue weighted by atomic mass is 9.95. The molecule has 1 aromatic heterocycles. The van der Waals surface area contributed by atoms with Crippen LogP contribution in [-0.4, -0.2) is 20.9 Å². The molecule has 1 atom stereocenters. The van der Waals surface area contributed by atoms with Gasteiger partial charge in [-0.15, -0.1) is 5.10 Å². The number of thioether (sulfide) groups is 1. The van der Waals surface area contributed by atoms with Crippen LogP contribution in [0.15, 0.2) is 17.3 Å². The summed E-state index contributed by atoms with van der Waals surface area (Å²) in [7, 11) is 0. The predicted octanol–water partition coefficient (Wildman–Crippen LogP) is 2.83. The molecule has 19 heavy (non-hydrogen) atoms. The van der Waals surface area contributed by atoms with Gasteiger partial charge >= 0.3 is 0 Å². The number of aromatic amines is 1. The van der Waals surface area contributed by atoms with E-state index in [0.29, 0.717) is 0 Å². The van der Waals surface area contributed by atoms with Crippen molar-refractivity contribution < 1.29 is 0 Å². The third-order valence-electron chi connectivity index (χ3n) is 3.08. The Morgan fingerprint density at radius 3 is 2.37 bits per heavy atom. The Labute approximate surface area is 118 Å². The van der Waals surface area contributed by atoms with E-state index in [1.165, 1.54) is 22.3 Å². The van der Waals surface area contributed by atoms with Crippen LogP contribution < -0.4 is 5.73 Å². The van der Waals surface area contributed by atoms with Crippen LogP contribution in [0.1, 0.15) is 34.1 Å². The van der Waals surface area contributed by atoms with Crippen LogP contribution in [0.5, 0.6) is 0 Å². The average molecular weight is 276 g/mol. The Hall–Kier alpha value is -1.33. The van der Waals surface area contributed by atoms with Crippen molar-refractivity contribution in [1.82, 2.24) is 15.2 Å². The average Bonchev–Trinajstić information content (AvgIpc) is 2.71. The molecule has 102 valence electrons. The van der Waals surface area contributed by atoms with Gasteiger partial charge in [0, 0.05) is 11.8 Å². The third kappa shape index (κ3) is 3.36. The minimum absolute atomic E-state index is 0.00408. The highest BCUT2D eigenvalue weighted by atomic mass is 32.2. The molecule has 2 aromatic rings. The number of aromatic nitrogens is 3. The molecule has 0 aliphatic heterocycles. The first-order chi connectivity index (χ1) is 8.97. The number of aryl methyl sites for hydroxylation is 4. The Morgan fingerprint density at radius 2 is 1.84 bits per heavy atom. The topological polar surface area (TPSA) is 67.6 Å². The van der Waals surface area contributed by atoms with Gasteiger partial charge in [0.15, 0.2) is 0 Å². The second-order valence-electron chi connectivity index (χ2n) is 4.93. The van der Waals surface area contributed by atoms with E-state index in [1.807, 2.05) is 6.92 Å². The van der Waals surface area contributed by atoms with Crippen molar-refractivity contribution in [3.8, 4) is 0 Å². The van der Waals surface area contributed by atoms with Crippen LogP contribution in [0.25, 0.3) is 0 Å². The Morgan fingerprint density at radius 1 is 1.21 bits per heavy atom. The predicted molar refractivity (Wildman–Crippen MR) is 79.4 cm³/mol. The van der Waals surface area contributed by atoms with E-state index in [2.05, 4.69) is 48.1 Å². The van der Waals surface area contributed by atoms with Crippen molar-refractivity contribution in [2.75, 3.05) is 5.75 Å². The Kier molecular flexibility index (Phi) is 4.27. The standard InChI is InChI=1S/C14H20N4S/c1-8-5-9(2)13(10(3)6-8)12(15)7-19-14-16-11(4)17-18-14/h5-6,12H,7,15H2,1-4H3,(H,16,17,18).